The quantitative estimate of drug-likeness (QED) is 0.694. The van der Waals surface area contributed by atoms with E-state index < -0.39 is 30.3 Å². The summed E-state index contributed by atoms with van der Waals surface area (Å²) in [6.45, 7) is 2.97. The Morgan fingerprint density at radius 2 is 2.20 bits per heavy atom. The Kier molecular flexibility index (Phi) is 2.97. The Bertz CT molecular complexity index is 306. The zero-order valence-electron chi connectivity index (χ0n) is 8.02. The van der Waals surface area contributed by atoms with Crippen LogP contribution in [0.2, 0.25) is 0 Å². The molecule has 2 atom stereocenters. The maximum Gasteiger partial charge on any atom is 0.408 e. The van der Waals surface area contributed by atoms with E-state index in [1.165, 1.54) is 6.08 Å². The molecule has 0 saturated carbocycles. The van der Waals surface area contributed by atoms with Crippen LogP contribution in [-0.4, -0.2) is 45.4 Å². The second-order valence-corrected chi connectivity index (χ2v) is 3.52. The van der Waals surface area contributed by atoms with Crippen LogP contribution in [0.4, 0.5) is 9.18 Å². The summed E-state index contributed by atoms with van der Waals surface area (Å²) in [5.74, 6) is -1.33. The van der Waals surface area contributed by atoms with Crippen molar-refractivity contribution in [1.82, 2.24) is 4.90 Å². The van der Waals surface area contributed by atoms with Crippen LogP contribution in [0.25, 0.3) is 0 Å². The Labute approximate surface area is 85.8 Å². The molecule has 0 bridgehead atoms. The van der Waals surface area contributed by atoms with Crippen LogP contribution in [0.15, 0.2) is 12.7 Å². The fraction of sp³-hybridized carbons (Fsp3) is 0.556. The number of likely N-dealkylation sites (tertiary alicyclic amines) is 1. The average Bonchev–Trinajstić information content (AvgIpc) is 2.44. The third-order valence-electron chi connectivity index (χ3n) is 2.57. The minimum absolute atomic E-state index is 0.0882. The third-order valence-corrected chi connectivity index (χ3v) is 2.57. The lowest BCUT2D eigenvalue weighted by atomic mass is 9.92. The van der Waals surface area contributed by atoms with Crippen molar-refractivity contribution < 1.29 is 24.2 Å². The molecule has 0 radical (unpaired) electrons. The number of carboxylic acid groups (broad SMARTS) is 2. The zero-order valence-corrected chi connectivity index (χ0v) is 8.02. The topological polar surface area (TPSA) is 77.8 Å². The molecule has 6 heteroatoms. The van der Waals surface area contributed by atoms with E-state index in [2.05, 4.69) is 6.58 Å². The maximum absolute atomic E-state index is 13.1. The van der Waals surface area contributed by atoms with Crippen LogP contribution in [0.5, 0.6) is 0 Å². The summed E-state index contributed by atoms with van der Waals surface area (Å²) < 4.78 is 13.1. The molecule has 84 valence electrons. The van der Waals surface area contributed by atoms with Gasteiger partial charge in [-0.1, -0.05) is 6.08 Å². The molecule has 2 N–H and O–H groups in total. The van der Waals surface area contributed by atoms with Crippen molar-refractivity contribution in [2.24, 2.45) is 0 Å². The van der Waals surface area contributed by atoms with Crippen LogP contribution in [0.3, 0.4) is 0 Å². The van der Waals surface area contributed by atoms with Gasteiger partial charge >= 0.3 is 12.1 Å². The van der Waals surface area contributed by atoms with Gasteiger partial charge in [-0.3, -0.25) is 4.90 Å². The molecule has 1 saturated heterocycles. The summed E-state index contributed by atoms with van der Waals surface area (Å²) in [6.07, 6.45) is -1.96. The summed E-state index contributed by atoms with van der Waals surface area (Å²) in [4.78, 5) is 22.5. The molecule has 0 aromatic rings. The van der Waals surface area contributed by atoms with E-state index in [1.54, 1.807) is 0 Å². The standard InChI is InChI=1S/C9H12FNO4/c1-2-3-9(7(12)13)4-6(10)5-11(9)8(14)15/h2,6H,1,3-5H2,(H,12,13)(H,14,15)/t6-,9-/m0/s1. The molecule has 5 nitrogen and oxygen atoms in total. The van der Waals surface area contributed by atoms with E-state index in [9.17, 15) is 14.0 Å². The van der Waals surface area contributed by atoms with Crippen LogP contribution in [-0.2, 0) is 4.79 Å². The van der Waals surface area contributed by atoms with Crippen molar-refractivity contribution in [2.45, 2.75) is 24.6 Å². The predicted octanol–water partition coefficient (Wildman–Crippen LogP) is 1.11. The number of hydrogen-bond acceptors (Lipinski definition) is 2. The summed E-state index contributed by atoms with van der Waals surface area (Å²) >= 11 is 0. The highest BCUT2D eigenvalue weighted by Gasteiger charge is 2.53. The minimum Gasteiger partial charge on any atom is -0.479 e. The number of alkyl halides is 1. The Morgan fingerprint density at radius 1 is 1.60 bits per heavy atom. The van der Waals surface area contributed by atoms with Crippen LogP contribution in [0.1, 0.15) is 12.8 Å². The van der Waals surface area contributed by atoms with Gasteiger partial charge in [0.15, 0.2) is 0 Å². The van der Waals surface area contributed by atoms with Crippen LogP contribution in [0, 0.1) is 0 Å². The van der Waals surface area contributed by atoms with Gasteiger partial charge in [0.1, 0.15) is 11.7 Å². The highest BCUT2D eigenvalue weighted by molar-refractivity contribution is 5.85. The first-order valence-corrected chi connectivity index (χ1v) is 4.43. The second kappa shape index (κ2) is 3.88. The molecule has 15 heavy (non-hydrogen) atoms. The highest BCUT2D eigenvalue weighted by atomic mass is 19.1. The zero-order chi connectivity index (χ0) is 11.6. The molecule has 0 aromatic heterocycles. The number of carboxylic acids is 1. The first-order chi connectivity index (χ1) is 6.94. The van der Waals surface area contributed by atoms with Crippen molar-refractivity contribution in [3.05, 3.63) is 12.7 Å². The molecule has 1 aliphatic heterocycles. The van der Waals surface area contributed by atoms with E-state index in [0.717, 1.165) is 0 Å². The number of nitrogens with zero attached hydrogens (tertiary/aromatic N) is 1. The van der Waals surface area contributed by atoms with Gasteiger partial charge in [0.25, 0.3) is 0 Å². The van der Waals surface area contributed by atoms with E-state index in [0.29, 0.717) is 4.90 Å². The first kappa shape index (κ1) is 11.5. The molecule has 1 amide bonds. The predicted molar refractivity (Wildman–Crippen MR) is 49.4 cm³/mol. The number of amides is 1. The molecular weight excluding hydrogens is 205 g/mol. The molecule has 0 aromatic carbocycles. The summed E-state index contributed by atoms with van der Waals surface area (Å²) in [5, 5.41) is 17.8. The molecule has 1 aliphatic rings. The van der Waals surface area contributed by atoms with E-state index in [1.807, 2.05) is 0 Å². The van der Waals surface area contributed by atoms with Crippen LogP contribution >= 0.6 is 0 Å². The SMILES string of the molecule is C=CC[C@@]1(C(=O)O)C[C@H](F)CN1C(=O)O. The highest BCUT2D eigenvalue weighted by Crippen LogP contribution is 2.34. The number of halogens is 1. The fourth-order valence-corrected chi connectivity index (χ4v) is 1.90. The van der Waals surface area contributed by atoms with Gasteiger partial charge in [-0.2, -0.15) is 0 Å². The average molecular weight is 217 g/mol. The summed E-state index contributed by atoms with van der Waals surface area (Å²) in [7, 11) is 0. The molecule has 0 aliphatic carbocycles. The lowest BCUT2D eigenvalue weighted by Gasteiger charge is -2.31. The van der Waals surface area contributed by atoms with Gasteiger partial charge in [0.2, 0.25) is 0 Å². The van der Waals surface area contributed by atoms with Crippen molar-refractivity contribution in [1.29, 1.82) is 0 Å². The van der Waals surface area contributed by atoms with E-state index >= 15 is 0 Å². The second-order valence-electron chi connectivity index (χ2n) is 3.52. The molecule has 1 rings (SSSR count). The van der Waals surface area contributed by atoms with Gasteiger partial charge in [-0.05, 0) is 6.42 Å². The largest absolute Gasteiger partial charge is 0.479 e. The van der Waals surface area contributed by atoms with Crippen molar-refractivity contribution >= 4 is 12.1 Å². The van der Waals surface area contributed by atoms with Gasteiger partial charge in [-0.15, -0.1) is 6.58 Å². The molecule has 1 fully saturated rings. The molecule has 0 unspecified atom stereocenters. The Hall–Kier alpha value is -1.59. The minimum atomic E-state index is -1.69. The third kappa shape index (κ3) is 1.79. The lowest BCUT2D eigenvalue weighted by Crippen LogP contribution is -2.52. The van der Waals surface area contributed by atoms with Gasteiger partial charge in [0.05, 0.1) is 6.54 Å². The van der Waals surface area contributed by atoms with Gasteiger partial charge < -0.3 is 10.2 Å². The molecular formula is C9H12FNO4. The van der Waals surface area contributed by atoms with Gasteiger partial charge in [0, 0.05) is 6.42 Å². The fourth-order valence-electron chi connectivity index (χ4n) is 1.90. The molecule has 1 heterocycles. The number of carbonyl (C=O) groups is 2. The molecule has 0 spiro atoms. The summed E-state index contributed by atoms with van der Waals surface area (Å²) in [6, 6.07) is 0. The lowest BCUT2D eigenvalue weighted by molar-refractivity contribution is -0.148. The normalized spacial score (nSPS) is 30.2. The first-order valence-electron chi connectivity index (χ1n) is 4.43. The number of rotatable bonds is 3. The van der Waals surface area contributed by atoms with Crippen molar-refractivity contribution in [2.75, 3.05) is 6.54 Å². The van der Waals surface area contributed by atoms with E-state index in [-0.39, 0.29) is 12.8 Å². The smallest absolute Gasteiger partial charge is 0.408 e. The van der Waals surface area contributed by atoms with Crippen molar-refractivity contribution in [3.63, 3.8) is 0 Å². The van der Waals surface area contributed by atoms with Crippen LogP contribution < -0.4 is 0 Å². The van der Waals surface area contributed by atoms with E-state index in [4.69, 9.17) is 10.2 Å². The maximum atomic E-state index is 13.1. The monoisotopic (exact) mass is 217 g/mol. The van der Waals surface area contributed by atoms with Gasteiger partial charge in [-0.25, -0.2) is 14.0 Å². The Balaban J connectivity index is 3.08. The Morgan fingerprint density at radius 3 is 2.60 bits per heavy atom. The summed E-state index contributed by atoms with van der Waals surface area (Å²) in [5.41, 5.74) is -1.69. The van der Waals surface area contributed by atoms with Crippen molar-refractivity contribution in [3.8, 4) is 0 Å². The number of hydrogen-bond donors (Lipinski definition) is 2. The number of aliphatic carboxylic acids is 1.